The Morgan fingerprint density at radius 3 is 2.71 bits per heavy atom. The van der Waals surface area contributed by atoms with E-state index in [1.54, 1.807) is 12.1 Å². The van der Waals surface area contributed by atoms with E-state index in [2.05, 4.69) is 15.2 Å². The summed E-state index contributed by atoms with van der Waals surface area (Å²) in [6.07, 6.45) is -3.61. The molecule has 0 saturated carbocycles. The van der Waals surface area contributed by atoms with Gasteiger partial charge in [-0.2, -0.15) is 13.2 Å². The number of carbonyl (C=O) groups excluding carboxylic acids is 1. The number of ether oxygens (including phenoxy) is 1. The van der Waals surface area contributed by atoms with Crippen molar-refractivity contribution in [3.63, 3.8) is 0 Å². The first kappa shape index (κ1) is 23.8. The summed E-state index contributed by atoms with van der Waals surface area (Å²) in [4.78, 5) is 21.5. The molecule has 0 unspecified atom stereocenters. The first-order chi connectivity index (χ1) is 16.0. The topological polar surface area (TPSA) is 107 Å². The highest BCUT2D eigenvalue weighted by Gasteiger charge is 2.34. The lowest BCUT2D eigenvalue weighted by Gasteiger charge is -2.21. The summed E-state index contributed by atoms with van der Waals surface area (Å²) in [5.74, 6) is -0.549. The third-order valence-corrected chi connectivity index (χ3v) is 6.41. The highest BCUT2D eigenvalue weighted by Crippen LogP contribution is 2.36. The monoisotopic (exact) mass is 513 g/mol. The van der Waals surface area contributed by atoms with Crippen LogP contribution in [-0.2, 0) is 21.0 Å². The van der Waals surface area contributed by atoms with Gasteiger partial charge in [0.1, 0.15) is 11.4 Å². The van der Waals surface area contributed by atoms with Gasteiger partial charge in [-0.05, 0) is 42.8 Å². The van der Waals surface area contributed by atoms with Crippen LogP contribution in [0.25, 0.3) is 0 Å². The van der Waals surface area contributed by atoms with Crippen LogP contribution in [0.5, 0.6) is 5.75 Å². The Hall–Kier alpha value is -3.35. The number of carbonyl (C=O) groups is 1. The van der Waals surface area contributed by atoms with Crippen molar-refractivity contribution < 1.29 is 36.0 Å². The highest BCUT2D eigenvalue weighted by molar-refractivity contribution is 7.92. The van der Waals surface area contributed by atoms with Crippen LogP contribution < -0.4 is 14.9 Å². The number of sulfonamides is 1. The van der Waals surface area contributed by atoms with Crippen LogP contribution in [-0.4, -0.2) is 26.0 Å². The van der Waals surface area contributed by atoms with Crippen LogP contribution in [0.4, 0.5) is 24.5 Å². The van der Waals surface area contributed by atoms with Crippen LogP contribution in [0.2, 0.25) is 5.02 Å². The number of nitrogens with zero attached hydrogens (tertiary/aromatic N) is 1. The fourth-order valence-electron chi connectivity index (χ4n) is 3.25. The maximum Gasteiger partial charge on any atom is 0.416 e. The van der Waals surface area contributed by atoms with Gasteiger partial charge < -0.3 is 4.74 Å². The van der Waals surface area contributed by atoms with Gasteiger partial charge in [-0.1, -0.05) is 23.7 Å². The minimum atomic E-state index is -4.75. The van der Waals surface area contributed by atoms with E-state index in [4.69, 9.17) is 21.2 Å². The predicted octanol–water partition coefficient (Wildman–Crippen LogP) is 4.79. The molecule has 1 aliphatic heterocycles. The Kier molecular flexibility index (Phi) is 6.14. The molecule has 0 radical (unpaired) electrons. The molecule has 8 nitrogen and oxygen atoms in total. The van der Waals surface area contributed by atoms with Crippen molar-refractivity contribution in [3.05, 3.63) is 76.1 Å². The number of pyridine rings is 1. The molecule has 34 heavy (non-hydrogen) atoms. The van der Waals surface area contributed by atoms with Gasteiger partial charge in [0.25, 0.3) is 10.0 Å². The first-order valence-corrected chi connectivity index (χ1v) is 11.4. The average Bonchev–Trinajstić information content (AvgIpc) is 2.77. The summed E-state index contributed by atoms with van der Waals surface area (Å²) >= 11 is 5.95. The number of rotatable bonds is 5. The standard InChI is InChI=1S/C21H15ClF3N3O5S/c1-11-5-6-13(8-15(11)21(23,24)25)34(30,31)28-17-7-12(22)9-26-18(17)19(29)14-3-2-4-16-20(14)32-10-33-27-16/h2-9,27-28H,10H2,1H3. The zero-order chi connectivity index (χ0) is 24.7. The Bertz CT molecular complexity index is 1400. The van der Waals surface area contributed by atoms with Crippen molar-refractivity contribution in [3.8, 4) is 5.75 Å². The molecule has 0 aliphatic carbocycles. The molecule has 0 fully saturated rings. The average molecular weight is 514 g/mol. The molecule has 0 bridgehead atoms. The van der Waals surface area contributed by atoms with E-state index in [9.17, 15) is 26.4 Å². The minimum Gasteiger partial charge on any atom is -0.462 e. The van der Waals surface area contributed by atoms with Gasteiger partial charge in [-0.15, -0.1) is 0 Å². The molecule has 3 aromatic rings. The number of para-hydroxylation sites is 1. The van der Waals surface area contributed by atoms with Crippen LogP contribution in [0.1, 0.15) is 27.2 Å². The number of aryl methyl sites for hydroxylation is 1. The second kappa shape index (κ2) is 8.78. The van der Waals surface area contributed by atoms with E-state index in [-0.39, 0.29) is 40.1 Å². The SMILES string of the molecule is Cc1ccc(S(=O)(=O)Nc2cc(Cl)cnc2C(=O)c2cccc3c2OCON3)cc1C(F)(F)F. The normalized spacial score (nSPS) is 13.4. The molecular formula is C21H15ClF3N3O5S. The van der Waals surface area contributed by atoms with E-state index in [0.29, 0.717) is 11.8 Å². The number of aromatic nitrogens is 1. The fraction of sp³-hybridized carbons (Fsp3) is 0.143. The smallest absolute Gasteiger partial charge is 0.416 e. The number of halogens is 4. The van der Waals surface area contributed by atoms with Gasteiger partial charge >= 0.3 is 6.18 Å². The number of hydrogen-bond donors (Lipinski definition) is 2. The first-order valence-electron chi connectivity index (χ1n) is 9.52. The van der Waals surface area contributed by atoms with E-state index in [0.717, 1.165) is 24.4 Å². The summed E-state index contributed by atoms with van der Waals surface area (Å²) in [5.41, 5.74) is 1.13. The van der Waals surface area contributed by atoms with Crippen LogP contribution in [0.3, 0.4) is 0 Å². The van der Waals surface area contributed by atoms with Crippen LogP contribution >= 0.6 is 11.6 Å². The summed E-state index contributed by atoms with van der Waals surface area (Å²) in [5, 5.41) is -0.00413. The minimum absolute atomic E-state index is 0.00413. The number of alkyl halides is 3. The fourth-order valence-corrected chi connectivity index (χ4v) is 4.49. The molecule has 4 rings (SSSR count). The molecule has 0 saturated heterocycles. The maximum absolute atomic E-state index is 13.3. The molecule has 2 aromatic carbocycles. The van der Waals surface area contributed by atoms with E-state index in [1.807, 2.05) is 0 Å². The number of benzene rings is 2. The number of nitrogens with one attached hydrogen (secondary N) is 2. The molecule has 0 atom stereocenters. The van der Waals surface area contributed by atoms with Crippen molar-refractivity contribution in [2.24, 2.45) is 0 Å². The predicted molar refractivity (Wildman–Crippen MR) is 116 cm³/mol. The number of fused-ring (bicyclic) bond motifs is 1. The number of hydrogen-bond acceptors (Lipinski definition) is 7. The van der Waals surface area contributed by atoms with Gasteiger partial charge in [0.2, 0.25) is 12.6 Å². The largest absolute Gasteiger partial charge is 0.462 e. The van der Waals surface area contributed by atoms with Crippen molar-refractivity contribution in [1.29, 1.82) is 0 Å². The Morgan fingerprint density at radius 1 is 1.21 bits per heavy atom. The lowest BCUT2D eigenvalue weighted by atomic mass is 10.0. The van der Waals surface area contributed by atoms with Gasteiger partial charge in [-0.25, -0.2) is 18.2 Å². The van der Waals surface area contributed by atoms with E-state index in [1.165, 1.54) is 13.0 Å². The summed E-state index contributed by atoms with van der Waals surface area (Å²) in [6.45, 7) is 1.03. The van der Waals surface area contributed by atoms with Crippen LogP contribution in [0, 0.1) is 6.92 Å². The van der Waals surface area contributed by atoms with E-state index < -0.39 is 32.4 Å². The molecule has 178 valence electrons. The van der Waals surface area contributed by atoms with Crippen molar-refractivity contribution in [2.75, 3.05) is 17.0 Å². The second-order valence-corrected chi connectivity index (χ2v) is 9.27. The molecular weight excluding hydrogens is 499 g/mol. The van der Waals surface area contributed by atoms with Gasteiger partial charge in [-0.3, -0.25) is 15.0 Å². The molecule has 0 amide bonds. The highest BCUT2D eigenvalue weighted by atomic mass is 35.5. The zero-order valence-corrected chi connectivity index (χ0v) is 18.8. The summed E-state index contributed by atoms with van der Waals surface area (Å²) < 4.78 is 73.2. The number of anilines is 2. The third-order valence-electron chi connectivity index (χ3n) is 4.84. The molecule has 0 spiro atoms. The van der Waals surface area contributed by atoms with Gasteiger partial charge in [0.15, 0.2) is 5.75 Å². The van der Waals surface area contributed by atoms with Gasteiger partial charge in [0.05, 0.1) is 26.7 Å². The van der Waals surface area contributed by atoms with Crippen LogP contribution in [0.15, 0.2) is 53.6 Å². The molecule has 1 aromatic heterocycles. The lowest BCUT2D eigenvalue weighted by molar-refractivity contribution is -0.138. The lowest BCUT2D eigenvalue weighted by Crippen LogP contribution is -2.20. The third kappa shape index (κ3) is 4.65. The summed E-state index contributed by atoms with van der Waals surface area (Å²) in [6, 6.07) is 8.31. The van der Waals surface area contributed by atoms with E-state index >= 15 is 0 Å². The Labute approximate surface area is 196 Å². The molecule has 13 heteroatoms. The van der Waals surface area contributed by atoms with Crippen molar-refractivity contribution >= 4 is 38.8 Å². The summed E-state index contributed by atoms with van der Waals surface area (Å²) in [7, 11) is -4.55. The number of ketones is 1. The van der Waals surface area contributed by atoms with Crippen molar-refractivity contribution in [1.82, 2.24) is 4.98 Å². The Balaban J connectivity index is 1.75. The second-order valence-electron chi connectivity index (χ2n) is 7.15. The Morgan fingerprint density at radius 2 is 1.97 bits per heavy atom. The van der Waals surface area contributed by atoms with Crippen molar-refractivity contribution in [2.45, 2.75) is 18.0 Å². The zero-order valence-electron chi connectivity index (χ0n) is 17.2. The molecule has 2 heterocycles. The van der Waals surface area contributed by atoms with Gasteiger partial charge in [0, 0.05) is 6.20 Å². The molecule has 2 N–H and O–H groups in total. The molecule has 1 aliphatic rings. The quantitative estimate of drug-likeness (QED) is 0.472. The maximum atomic E-state index is 13.3.